The van der Waals surface area contributed by atoms with E-state index in [1.165, 1.54) is 24.5 Å². The van der Waals surface area contributed by atoms with Gasteiger partial charge in [0.25, 0.3) is 0 Å². The second-order valence-corrected chi connectivity index (χ2v) is 8.41. The highest BCUT2D eigenvalue weighted by Gasteiger charge is 2.36. The summed E-state index contributed by atoms with van der Waals surface area (Å²) in [6, 6.07) is 7.35. The van der Waals surface area contributed by atoms with Crippen molar-refractivity contribution in [2.45, 2.75) is 44.2 Å². The van der Waals surface area contributed by atoms with Gasteiger partial charge in [-0.05, 0) is 76.1 Å². The highest BCUT2D eigenvalue weighted by atomic mass is 79.9. The van der Waals surface area contributed by atoms with E-state index in [2.05, 4.69) is 20.9 Å². The number of hydrogen-bond acceptors (Lipinski definition) is 2. The molecule has 3 aromatic rings. The number of alkyl halides is 3. The predicted octanol–water partition coefficient (Wildman–Crippen LogP) is 7.03. The second-order valence-electron chi connectivity index (χ2n) is 7.56. The lowest BCUT2D eigenvalue weighted by Gasteiger charge is -2.17. The van der Waals surface area contributed by atoms with Gasteiger partial charge in [0.1, 0.15) is 5.75 Å². The van der Waals surface area contributed by atoms with Gasteiger partial charge in [-0.25, -0.2) is 0 Å². The zero-order valence-corrected chi connectivity index (χ0v) is 17.4. The number of carboxylic acid groups (broad SMARTS) is 1. The maximum absolute atomic E-state index is 13.7. The molecule has 1 aliphatic carbocycles. The number of H-pyrrole nitrogens is 1. The van der Waals surface area contributed by atoms with Gasteiger partial charge < -0.3 is 14.8 Å². The van der Waals surface area contributed by atoms with Crippen LogP contribution in [0.2, 0.25) is 0 Å². The van der Waals surface area contributed by atoms with E-state index in [4.69, 9.17) is 9.84 Å². The van der Waals surface area contributed by atoms with Gasteiger partial charge in [0, 0.05) is 17.1 Å². The van der Waals surface area contributed by atoms with Crippen molar-refractivity contribution in [3.05, 3.63) is 57.7 Å². The average Bonchev–Trinajstić information content (AvgIpc) is 3.31. The smallest absolute Gasteiger partial charge is 0.420 e. The van der Waals surface area contributed by atoms with Crippen LogP contribution in [0.5, 0.6) is 11.5 Å². The molecule has 0 saturated heterocycles. The summed E-state index contributed by atoms with van der Waals surface area (Å²) < 4.78 is 46.7. The summed E-state index contributed by atoms with van der Waals surface area (Å²) in [5.74, 6) is -0.852. The summed E-state index contributed by atoms with van der Waals surface area (Å²) in [6.45, 7) is 0. The van der Waals surface area contributed by atoms with Crippen molar-refractivity contribution in [2.75, 3.05) is 0 Å². The lowest BCUT2D eigenvalue weighted by molar-refractivity contribution is -0.139. The molecule has 4 rings (SSSR count). The van der Waals surface area contributed by atoms with Gasteiger partial charge in [-0.3, -0.25) is 4.79 Å². The first-order chi connectivity index (χ1) is 14.2. The zero-order valence-electron chi connectivity index (χ0n) is 15.9. The van der Waals surface area contributed by atoms with Crippen molar-refractivity contribution in [2.24, 2.45) is 0 Å². The van der Waals surface area contributed by atoms with Crippen molar-refractivity contribution in [1.82, 2.24) is 4.98 Å². The topological polar surface area (TPSA) is 62.3 Å². The Morgan fingerprint density at radius 3 is 2.60 bits per heavy atom. The number of benzene rings is 2. The number of rotatable bonds is 5. The molecular formula is C22H19BrF3NO3. The molecule has 1 saturated carbocycles. The number of nitrogens with one attached hydrogen (secondary N) is 1. The number of aromatic amines is 1. The summed E-state index contributed by atoms with van der Waals surface area (Å²) in [5.41, 5.74) is 1.10. The average molecular weight is 482 g/mol. The number of hydrogen-bond donors (Lipinski definition) is 2. The maximum atomic E-state index is 13.7. The molecule has 0 radical (unpaired) electrons. The second kappa shape index (κ2) is 7.98. The minimum Gasteiger partial charge on any atom is -0.481 e. The molecule has 1 aromatic heterocycles. The highest BCUT2D eigenvalue weighted by molar-refractivity contribution is 9.10. The van der Waals surface area contributed by atoms with Crippen molar-refractivity contribution in [1.29, 1.82) is 0 Å². The van der Waals surface area contributed by atoms with Crippen LogP contribution >= 0.6 is 15.9 Å². The minimum absolute atomic E-state index is 0.0404. The molecule has 0 aliphatic heterocycles. The monoisotopic (exact) mass is 481 g/mol. The van der Waals surface area contributed by atoms with E-state index in [1.807, 2.05) is 6.20 Å². The summed E-state index contributed by atoms with van der Waals surface area (Å²) in [4.78, 5) is 14.2. The molecule has 0 unspecified atom stereocenters. The standard InChI is InChI=1S/C22H19BrF3NO3/c23-18-8-12(9-20(28)29)7-17(22(24,25)26)21(18)30-14-5-6-19-15(10-14)16(11-27-19)13-3-1-2-4-13/h5-8,10-11,13,27H,1-4,9H2,(H,28,29). The van der Waals surface area contributed by atoms with Crippen LogP contribution in [0.25, 0.3) is 10.9 Å². The summed E-state index contributed by atoms with van der Waals surface area (Å²) in [7, 11) is 0. The van der Waals surface area contributed by atoms with Crippen LogP contribution in [-0.2, 0) is 17.4 Å². The van der Waals surface area contributed by atoms with Gasteiger partial charge in [-0.2, -0.15) is 13.2 Å². The van der Waals surface area contributed by atoms with Gasteiger partial charge in [-0.1, -0.05) is 12.8 Å². The predicted molar refractivity (Wildman–Crippen MR) is 110 cm³/mol. The molecular weight excluding hydrogens is 463 g/mol. The first-order valence-electron chi connectivity index (χ1n) is 9.62. The van der Waals surface area contributed by atoms with E-state index in [0.717, 1.165) is 29.8 Å². The molecule has 30 heavy (non-hydrogen) atoms. The largest absolute Gasteiger partial charge is 0.481 e. The quantitative estimate of drug-likeness (QED) is 0.411. The number of halogens is 4. The summed E-state index contributed by atoms with van der Waals surface area (Å²) >= 11 is 3.12. The molecule has 1 fully saturated rings. The molecule has 4 nitrogen and oxygen atoms in total. The van der Waals surface area contributed by atoms with Gasteiger partial charge in [0.15, 0.2) is 5.75 Å². The minimum atomic E-state index is -4.69. The van der Waals surface area contributed by atoms with Gasteiger partial charge >= 0.3 is 12.1 Å². The Morgan fingerprint density at radius 2 is 1.93 bits per heavy atom. The highest BCUT2D eigenvalue weighted by Crippen LogP contribution is 2.44. The zero-order chi connectivity index (χ0) is 21.5. The molecule has 2 N–H and O–H groups in total. The van der Waals surface area contributed by atoms with Crippen LogP contribution in [0.1, 0.15) is 48.3 Å². The third kappa shape index (κ3) is 4.19. The van der Waals surface area contributed by atoms with Crippen molar-refractivity contribution >= 4 is 32.8 Å². The summed E-state index contributed by atoms with van der Waals surface area (Å²) in [6.07, 6.45) is 1.33. The Morgan fingerprint density at radius 1 is 1.20 bits per heavy atom. The maximum Gasteiger partial charge on any atom is 0.420 e. The molecule has 0 atom stereocenters. The fraction of sp³-hybridized carbons (Fsp3) is 0.318. The first kappa shape index (κ1) is 20.8. The van der Waals surface area contributed by atoms with Crippen LogP contribution in [0.3, 0.4) is 0 Å². The molecule has 0 amide bonds. The third-order valence-electron chi connectivity index (χ3n) is 5.46. The molecule has 8 heteroatoms. The third-order valence-corrected chi connectivity index (χ3v) is 6.05. The Kier molecular flexibility index (Phi) is 5.53. The number of carboxylic acids is 1. The van der Waals surface area contributed by atoms with Crippen LogP contribution in [0.4, 0.5) is 13.2 Å². The molecule has 2 aromatic carbocycles. The van der Waals surface area contributed by atoms with Crippen LogP contribution in [0.15, 0.2) is 41.0 Å². The number of carbonyl (C=O) groups is 1. The van der Waals surface area contributed by atoms with Crippen LogP contribution in [0, 0.1) is 0 Å². The van der Waals surface area contributed by atoms with E-state index >= 15 is 0 Å². The first-order valence-corrected chi connectivity index (χ1v) is 10.4. The Hall–Kier alpha value is -2.48. The Labute approximate surface area is 179 Å². The van der Waals surface area contributed by atoms with Crippen molar-refractivity contribution < 1.29 is 27.8 Å². The lowest BCUT2D eigenvalue weighted by atomic mass is 9.97. The molecule has 1 heterocycles. The number of fused-ring (bicyclic) bond motifs is 1. The van der Waals surface area contributed by atoms with E-state index in [9.17, 15) is 18.0 Å². The van der Waals surface area contributed by atoms with Crippen LogP contribution < -0.4 is 4.74 Å². The Bertz CT molecular complexity index is 1100. The van der Waals surface area contributed by atoms with Crippen molar-refractivity contribution in [3.8, 4) is 11.5 Å². The van der Waals surface area contributed by atoms with E-state index < -0.39 is 24.1 Å². The molecule has 0 spiro atoms. The SMILES string of the molecule is O=C(O)Cc1cc(Br)c(Oc2ccc3[nH]cc(C4CCCC4)c3c2)c(C(F)(F)F)c1. The number of aromatic nitrogens is 1. The van der Waals surface area contributed by atoms with E-state index in [1.54, 1.807) is 18.2 Å². The molecule has 0 bridgehead atoms. The van der Waals surface area contributed by atoms with Gasteiger partial charge in [-0.15, -0.1) is 0 Å². The molecule has 158 valence electrons. The van der Waals surface area contributed by atoms with Crippen LogP contribution in [-0.4, -0.2) is 16.1 Å². The lowest BCUT2D eigenvalue weighted by Crippen LogP contribution is -2.10. The van der Waals surface area contributed by atoms with E-state index in [0.29, 0.717) is 11.7 Å². The van der Waals surface area contributed by atoms with Crippen molar-refractivity contribution in [3.63, 3.8) is 0 Å². The fourth-order valence-corrected chi connectivity index (χ4v) is 4.71. The molecule has 1 aliphatic rings. The fourth-order valence-electron chi connectivity index (χ4n) is 4.12. The number of aliphatic carboxylic acids is 1. The summed E-state index contributed by atoms with van der Waals surface area (Å²) in [5, 5.41) is 9.87. The van der Waals surface area contributed by atoms with E-state index in [-0.39, 0.29) is 15.8 Å². The van der Waals surface area contributed by atoms with Gasteiger partial charge in [0.05, 0.1) is 16.5 Å². The Balaban J connectivity index is 1.73. The normalized spacial score (nSPS) is 15.1. The van der Waals surface area contributed by atoms with Gasteiger partial charge in [0.2, 0.25) is 0 Å². The number of ether oxygens (including phenoxy) is 1.